The fourth-order valence-corrected chi connectivity index (χ4v) is 2.79. The Kier molecular flexibility index (Phi) is 4.57. The molecule has 2 atom stereocenters. The minimum absolute atomic E-state index is 0.418. The third-order valence-electron chi connectivity index (χ3n) is 3.79. The van der Waals surface area contributed by atoms with Gasteiger partial charge in [-0.1, -0.05) is 43.7 Å². The average Bonchev–Trinajstić information content (AvgIpc) is 2.35. The van der Waals surface area contributed by atoms with Gasteiger partial charge in [0.15, 0.2) is 0 Å². The minimum atomic E-state index is 0.418. The fraction of sp³-hybridized carbons (Fsp3) is 0.600. The van der Waals surface area contributed by atoms with Crippen LogP contribution in [0.15, 0.2) is 30.3 Å². The molecule has 1 aliphatic rings. The highest BCUT2D eigenvalue weighted by molar-refractivity contribution is 5.14. The summed E-state index contributed by atoms with van der Waals surface area (Å²) >= 11 is 0. The molecular weight excluding hydrogens is 208 g/mol. The molecule has 1 heterocycles. The van der Waals surface area contributed by atoms with Crippen LogP contribution in [0.5, 0.6) is 0 Å². The molecule has 0 saturated carbocycles. The van der Waals surface area contributed by atoms with Gasteiger partial charge >= 0.3 is 0 Å². The molecule has 2 rings (SSSR count). The van der Waals surface area contributed by atoms with E-state index in [4.69, 9.17) is 5.73 Å². The van der Waals surface area contributed by atoms with Crippen molar-refractivity contribution in [1.29, 1.82) is 0 Å². The molecule has 1 aromatic carbocycles. The molecule has 0 bridgehead atoms. The van der Waals surface area contributed by atoms with Crippen molar-refractivity contribution in [3.8, 4) is 0 Å². The number of nitrogens with zero attached hydrogens (tertiary/aromatic N) is 1. The Labute approximate surface area is 105 Å². The Bertz CT molecular complexity index is 323. The van der Waals surface area contributed by atoms with Crippen LogP contribution in [0.4, 0.5) is 0 Å². The second-order valence-electron chi connectivity index (χ2n) is 5.22. The van der Waals surface area contributed by atoms with E-state index in [0.717, 1.165) is 19.5 Å². The van der Waals surface area contributed by atoms with E-state index in [1.807, 2.05) is 0 Å². The maximum atomic E-state index is 6.19. The van der Waals surface area contributed by atoms with Gasteiger partial charge in [-0.15, -0.1) is 0 Å². The molecule has 2 nitrogen and oxygen atoms in total. The molecule has 2 N–H and O–H groups in total. The highest BCUT2D eigenvalue weighted by atomic mass is 15.1. The van der Waals surface area contributed by atoms with Crippen molar-refractivity contribution in [2.75, 3.05) is 13.1 Å². The third kappa shape index (κ3) is 3.55. The predicted molar refractivity (Wildman–Crippen MR) is 72.7 cm³/mol. The van der Waals surface area contributed by atoms with Gasteiger partial charge in [0.05, 0.1) is 0 Å². The molecule has 1 saturated heterocycles. The minimum Gasteiger partial charge on any atom is -0.327 e. The highest BCUT2D eigenvalue weighted by Gasteiger charge is 2.25. The molecule has 1 fully saturated rings. The molecule has 2 heteroatoms. The van der Waals surface area contributed by atoms with E-state index >= 15 is 0 Å². The third-order valence-corrected chi connectivity index (χ3v) is 3.79. The lowest BCUT2D eigenvalue weighted by atomic mass is 9.89. The molecule has 0 spiro atoms. The molecule has 94 valence electrons. The zero-order valence-corrected chi connectivity index (χ0v) is 10.8. The molecule has 0 aliphatic carbocycles. The second kappa shape index (κ2) is 6.18. The van der Waals surface area contributed by atoms with Crippen molar-refractivity contribution in [2.24, 2.45) is 11.7 Å². The summed E-state index contributed by atoms with van der Waals surface area (Å²) in [6, 6.07) is 11.2. The SMILES string of the molecule is CCCC1CN(Cc2ccccc2)CCC1N. The van der Waals surface area contributed by atoms with Crippen LogP contribution in [0.25, 0.3) is 0 Å². The van der Waals surface area contributed by atoms with Crippen LogP contribution in [0.1, 0.15) is 31.7 Å². The number of hydrogen-bond donors (Lipinski definition) is 1. The molecule has 1 aromatic rings. The van der Waals surface area contributed by atoms with Crippen LogP contribution in [-0.2, 0) is 6.54 Å². The Morgan fingerprint density at radius 3 is 2.76 bits per heavy atom. The van der Waals surface area contributed by atoms with Crippen molar-refractivity contribution >= 4 is 0 Å². The first kappa shape index (κ1) is 12.6. The number of hydrogen-bond acceptors (Lipinski definition) is 2. The largest absolute Gasteiger partial charge is 0.327 e. The summed E-state index contributed by atoms with van der Waals surface area (Å²) in [5.41, 5.74) is 7.61. The van der Waals surface area contributed by atoms with E-state index in [1.165, 1.54) is 24.9 Å². The molecule has 1 aliphatic heterocycles. The van der Waals surface area contributed by atoms with Gasteiger partial charge in [-0.2, -0.15) is 0 Å². The fourth-order valence-electron chi connectivity index (χ4n) is 2.79. The molecule has 0 radical (unpaired) electrons. The van der Waals surface area contributed by atoms with Crippen molar-refractivity contribution in [3.05, 3.63) is 35.9 Å². The van der Waals surface area contributed by atoms with Crippen molar-refractivity contribution in [2.45, 2.75) is 38.8 Å². The Hall–Kier alpha value is -0.860. The number of benzene rings is 1. The van der Waals surface area contributed by atoms with E-state index in [1.54, 1.807) is 0 Å². The highest BCUT2D eigenvalue weighted by Crippen LogP contribution is 2.21. The molecule has 2 unspecified atom stereocenters. The van der Waals surface area contributed by atoms with E-state index < -0.39 is 0 Å². The maximum Gasteiger partial charge on any atom is 0.0233 e. The summed E-state index contributed by atoms with van der Waals surface area (Å²) in [7, 11) is 0. The first-order chi connectivity index (χ1) is 8.29. The van der Waals surface area contributed by atoms with E-state index in [2.05, 4.69) is 42.2 Å². The summed E-state index contributed by atoms with van der Waals surface area (Å²) in [5, 5.41) is 0. The summed E-state index contributed by atoms with van der Waals surface area (Å²) in [4.78, 5) is 2.55. The average molecular weight is 232 g/mol. The van der Waals surface area contributed by atoms with Crippen LogP contribution in [0.3, 0.4) is 0 Å². The van der Waals surface area contributed by atoms with E-state index in [-0.39, 0.29) is 0 Å². The first-order valence-corrected chi connectivity index (χ1v) is 6.81. The van der Waals surface area contributed by atoms with Crippen LogP contribution >= 0.6 is 0 Å². The zero-order valence-electron chi connectivity index (χ0n) is 10.8. The Morgan fingerprint density at radius 1 is 1.29 bits per heavy atom. The van der Waals surface area contributed by atoms with Gasteiger partial charge in [0.2, 0.25) is 0 Å². The number of nitrogens with two attached hydrogens (primary N) is 1. The maximum absolute atomic E-state index is 6.19. The van der Waals surface area contributed by atoms with Crippen LogP contribution in [-0.4, -0.2) is 24.0 Å². The monoisotopic (exact) mass is 232 g/mol. The van der Waals surface area contributed by atoms with Crippen LogP contribution < -0.4 is 5.73 Å². The molecule has 17 heavy (non-hydrogen) atoms. The van der Waals surface area contributed by atoms with Crippen molar-refractivity contribution in [1.82, 2.24) is 4.90 Å². The molecular formula is C15H24N2. The van der Waals surface area contributed by atoms with Gasteiger partial charge in [0.1, 0.15) is 0 Å². The van der Waals surface area contributed by atoms with Crippen molar-refractivity contribution < 1.29 is 0 Å². The zero-order chi connectivity index (χ0) is 12.1. The summed E-state index contributed by atoms with van der Waals surface area (Å²) in [5.74, 6) is 0.692. The summed E-state index contributed by atoms with van der Waals surface area (Å²) in [6.45, 7) is 5.65. The van der Waals surface area contributed by atoms with E-state index in [9.17, 15) is 0 Å². The lowest BCUT2D eigenvalue weighted by Crippen LogP contribution is -2.46. The van der Waals surface area contributed by atoms with Gasteiger partial charge < -0.3 is 5.73 Å². The Morgan fingerprint density at radius 2 is 2.06 bits per heavy atom. The van der Waals surface area contributed by atoms with Crippen LogP contribution in [0, 0.1) is 5.92 Å². The Balaban J connectivity index is 1.90. The lowest BCUT2D eigenvalue weighted by Gasteiger charge is -2.37. The van der Waals surface area contributed by atoms with Gasteiger partial charge in [-0.25, -0.2) is 0 Å². The van der Waals surface area contributed by atoms with Crippen LogP contribution in [0.2, 0.25) is 0 Å². The molecule has 0 amide bonds. The first-order valence-electron chi connectivity index (χ1n) is 6.81. The normalized spacial score (nSPS) is 26.0. The number of rotatable bonds is 4. The second-order valence-corrected chi connectivity index (χ2v) is 5.22. The van der Waals surface area contributed by atoms with Crippen molar-refractivity contribution in [3.63, 3.8) is 0 Å². The van der Waals surface area contributed by atoms with Gasteiger partial charge in [0.25, 0.3) is 0 Å². The van der Waals surface area contributed by atoms with Gasteiger partial charge in [-0.3, -0.25) is 4.90 Å². The quantitative estimate of drug-likeness (QED) is 0.864. The summed E-state index contributed by atoms with van der Waals surface area (Å²) < 4.78 is 0. The van der Waals surface area contributed by atoms with E-state index in [0.29, 0.717) is 12.0 Å². The predicted octanol–water partition coefficient (Wildman–Crippen LogP) is 2.64. The van der Waals surface area contributed by atoms with Gasteiger partial charge in [0, 0.05) is 19.1 Å². The lowest BCUT2D eigenvalue weighted by molar-refractivity contribution is 0.142. The molecule has 0 aromatic heterocycles. The summed E-state index contributed by atoms with van der Waals surface area (Å²) in [6.07, 6.45) is 3.67. The number of piperidine rings is 1. The topological polar surface area (TPSA) is 29.3 Å². The standard InChI is InChI=1S/C15H24N2/c1-2-6-14-12-17(10-9-15(14)16)11-13-7-4-3-5-8-13/h3-5,7-8,14-15H,2,6,9-12,16H2,1H3. The number of likely N-dealkylation sites (tertiary alicyclic amines) is 1. The van der Waals surface area contributed by atoms with Gasteiger partial charge in [-0.05, 0) is 30.9 Å². The smallest absolute Gasteiger partial charge is 0.0233 e.